The summed E-state index contributed by atoms with van der Waals surface area (Å²) in [5, 5.41) is 21.8. The second-order valence-corrected chi connectivity index (χ2v) is 5.74. The van der Waals surface area contributed by atoms with Crippen LogP contribution in [0.4, 0.5) is 0 Å². The minimum absolute atomic E-state index is 0.144. The minimum Gasteiger partial charge on any atom is -0.481 e. The highest BCUT2D eigenvalue weighted by Crippen LogP contribution is 2.18. The highest BCUT2D eigenvalue weighted by Gasteiger charge is 2.33. The van der Waals surface area contributed by atoms with E-state index in [1.54, 1.807) is 24.5 Å². The van der Waals surface area contributed by atoms with Crippen LogP contribution in [0.3, 0.4) is 0 Å². The zero-order valence-corrected chi connectivity index (χ0v) is 12.9. The number of aliphatic carboxylic acids is 1. The first-order chi connectivity index (χ1) is 11.0. The molecule has 2 unspecified atom stereocenters. The third-order valence-corrected chi connectivity index (χ3v) is 3.83. The zero-order valence-electron chi connectivity index (χ0n) is 12.9. The summed E-state index contributed by atoms with van der Waals surface area (Å²) >= 11 is 0. The number of pyridine rings is 1. The number of hydrogen-bond donors (Lipinski definition) is 3. The van der Waals surface area contributed by atoms with Crippen LogP contribution >= 0.6 is 0 Å². The number of carboxylic acids is 1. The van der Waals surface area contributed by atoms with Crippen molar-refractivity contribution in [1.82, 2.24) is 10.3 Å². The summed E-state index contributed by atoms with van der Waals surface area (Å²) in [6.07, 6.45) is 5.57. The van der Waals surface area contributed by atoms with Crippen molar-refractivity contribution in [2.45, 2.75) is 50.6 Å². The van der Waals surface area contributed by atoms with Crippen LogP contribution in [-0.4, -0.2) is 46.2 Å². The van der Waals surface area contributed by atoms with Crippen molar-refractivity contribution in [3.8, 4) is 0 Å². The molecule has 0 radical (unpaired) electrons. The Balaban J connectivity index is 1.89. The lowest BCUT2D eigenvalue weighted by Crippen LogP contribution is -2.50. The van der Waals surface area contributed by atoms with Crippen molar-refractivity contribution in [3.05, 3.63) is 30.1 Å². The summed E-state index contributed by atoms with van der Waals surface area (Å²) in [6, 6.07) is 3.51. The molecule has 1 saturated heterocycles. The summed E-state index contributed by atoms with van der Waals surface area (Å²) in [5.41, 5.74) is 0.836. The molecule has 1 aliphatic heterocycles. The average Bonchev–Trinajstić information content (AvgIpc) is 2.49. The second-order valence-electron chi connectivity index (χ2n) is 5.74. The predicted molar refractivity (Wildman–Crippen MR) is 83.4 cm³/mol. The van der Waals surface area contributed by atoms with Crippen molar-refractivity contribution < 1.29 is 24.4 Å². The number of amides is 1. The van der Waals surface area contributed by atoms with Crippen molar-refractivity contribution in [1.29, 1.82) is 0 Å². The van der Waals surface area contributed by atoms with Crippen LogP contribution in [0.2, 0.25) is 0 Å². The van der Waals surface area contributed by atoms with Gasteiger partial charge < -0.3 is 20.1 Å². The Hall–Kier alpha value is -1.93. The summed E-state index contributed by atoms with van der Waals surface area (Å²) in [5.74, 6) is -1.69. The predicted octanol–water partition coefficient (Wildman–Crippen LogP) is 0.562. The van der Waals surface area contributed by atoms with Gasteiger partial charge in [-0.2, -0.15) is 0 Å². The van der Waals surface area contributed by atoms with Crippen molar-refractivity contribution >= 4 is 19.0 Å². The number of carbonyl (C=O) groups excluding carboxylic acids is 1. The van der Waals surface area contributed by atoms with E-state index in [4.69, 9.17) is 9.76 Å². The minimum atomic E-state index is -1.19. The fourth-order valence-electron chi connectivity index (χ4n) is 2.67. The maximum absolute atomic E-state index is 12.1. The SMILES string of the molecule is O=C(O)CC1CCCCC(NC(=O)Cc2ccncc2)B(O)O1. The van der Waals surface area contributed by atoms with Crippen LogP contribution in [0.1, 0.15) is 37.7 Å². The van der Waals surface area contributed by atoms with Crippen LogP contribution in [0.15, 0.2) is 24.5 Å². The molecule has 0 aliphatic carbocycles. The van der Waals surface area contributed by atoms with Crippen molar-refractivity contribution in [2.24, 2.45) is 0 Å². The van der Waals surface area contributed by atoms with Gasteiger partial charge in [-0.1, -0.05) is 12.8 Å². The standard InChI is InChI=1S/C15H21BN2O5/c19-14(9-11-5-7-17-8-6-11)18-13-4-2-1-3-12(10-15(20)21)23-16(13)22/h5-8,12-13,22H,1-4,9-10H2,(H,18,19)(H,20,21). The second kappa shape index (κ2) is 8.64. The van der Waals surface area contributed by atoms with Gasteiger partial charge >= 0.3 is 13.1 Å². The van der Waals surface area contributed by atoms with Gasteiger partial charge in [0, 0.05) is 12.4 Å². The van der Waals surface area contributed by atoms with E-state index in [1.807, 2.05) is 0 Å². The molecule has 1 aliphatic rings. The molecule has 7 nitrogen and oxygen atoms in total. The zero-order chi connectivity index (χ0) is 16.7. The molecular weight excluding hydrogens is 299 g/mol. The first-order valence-corrected chi connectivity index (χ1v) is 7.78. The lowest BCUT2D eigenvalue weighted by Gasteiger charge is -2.27. The van der Waals surface area contributed by atoms with E-state index in [2.05, 4.69) is 10.3 Å². The van der Waals surface area contributed by atoms with E-state index in [-0.39, 0.29) is 18.7 Å². The first-order valence-electron chi connectivity index (χ1n) is 7.78. The maximum Gasteiger partial charge on any atom is 0.478 e. The molecule has 8 heteroatoms. The highest BCUT2D eigenvalue weighted by atomic mass is 16.5. The maximum atomic E-state index is 12.1. The van der Waals surface area contributed by atoms with Gasteiger partial charge in [0.05, 0.1) is 24.9 Å². The fraction of sp³-hybridized carbons (Fsp3) is 0.533. The Labute approximate surface area is 135 Å². The van der Waals surface area contributed by atoms with Gasteiger partial charge in [0.15, 0.2) is 0 Å². The lowest BCUT2D eigenvalue weighted by atomic mass is 9.74. The molecule has 1 fully saturated rings. The van der Waals surface area contributed by atoms with Crippen LogP contribution in [-0.2, 0) is 20.7 Å². The number of aromatic nitrogens is 1. The molecule has 2 heterocycles. The summed E-state index contributed by atoms with van der Waals surface area (Å²) in [4.78, 5) is 26.8. The summed E-state index contributed by atoms with van der Waals surface area (Å²) in [7, 11) is -1.19. The number of carboxylic acid groups (broad SMARTS) is 1. The Bertz CT molecular complexity index is 528. The molecular formula is C15H21BN2O5. The lowest BCUT2D eigenvalue weighted by molar-refractivity contribution is -0.139. The summed E-state index contributed by atoms with van der Waals surface area (Å²) < 4.78 is 5.42. The molecule has 0 saturated carbocycles. The quantitative estimate of drug-likeness (QED) is 0.684. The van der Waals surface area contributed by atoms with Gasteiger partial charge in [-0.3, -0.25) is 14.6 Å². The first kappa shape index (κ1) is 17.4. The number of hydrogen-bond acceptors (Lipinski definition) is 5. The van der Waals surface area contributed by atoms with E-state index in [0.717, 1.165) is 18.4 Å². The molecule has 23 heavy (non-hydrogen) atoms. The number of carbonyl (C=O) groups is 2. The van der Waals surface area contributed by atoms with Gasteiger partial charge in [-0.15, -0.1) is 0 Å². The molecule has 1 aromatic rings. The summed E-state index contributed by atoms with van der Waals surface area (Å²) in [6.45, 7) is 0. The van der Waals surface area contributed by atoms with E-state index in [0.29, 0.717) is 12.8 Å². The van der Waals surface area contributed by atoms with Gasteiger partial charge in [0.25, 0.3) is 0 Å². The smallest absolute Gasteiger partial charge is 0.478 e. The van der Waals surface area contributed by atoms with Crippen molar-refractivity contribution in [2.75, 3.05) is 0 Å². The third-order valence-electron chi connectivity index (χ3n) is 3.83. The van der Waals surface area contributed by atoms with E-state index in [9.17, 15) is 14.6 Å². The monoisotopic (exact) mass is 320 g/mol. The van der Waals surface area contributed by atoms with Gasteiger partial charge in [-0.25, -0.2) is 0 Å². The highest BCUT2D eigenvalue weighted by molar-refractivity contribution is 6.45. The Morgan fingerprint density at radius 3 is 2.70 bits per heavy atom. The van der Waals surface area contributed by atoms with E-state index >= 15 is 0 Å². The third kappa shape index (κ3) is 6.00. The number of nitrogens with zero attached hydrogens (tertiary/aromatic N) is 1. The molecule has 2 atom stereocenters. The molecule has 1 amide bonds. The van der Waals surface area contributed by atoms with Gasteiger partial charge in [0.1, 0.15) is 0 Å². The molecule has 124 valence electrons. The van der Waals surface area contributed by atoms with Gasteiger partial charge in [-0.05, 0) is 30.5 Å². The molecule has 0 aromatic carbocycles. The van der Waals surface area contributed by atoms with Gasteiger partial charge in [0.2, 0.25) is 5.91 Å². The molecule has 1 aromatic heterocycles. The normalized spacial score (nSPS) is 22.0. The largest absolute Gasteiger partial charge is 0.481 e. The topological polar surface area (TPSA) is 109 Å². The van der Waals surface area contributed by atoms with E-state index in [1.165, 1.54) is 0 Å². The Morgan fingerprint density at radius 2 is 2.00 bits per heavy atom. The van der Waals surface area contributed by atoms with Crippen LogP contribution < -0.4 is 5.32 Å². The van der Waals surface area contributed by atoms with Crippen LogP contribution in [0.5, 0.6) is 0 Å². The number of rotatable bonds is 5. The molecule has 0 bridgehead atoms. The average molecular weight is 320 g/mol. The Morgan fingerprint density at radius 1 is 1.30 bits per heavy atom. The number of nitrogens with one attached hydrogen (secondary N) is 1. The molecule has 2 rings (SSSR count). The van der Waals surface area contributed by atoms with Crippen LogP contribution in [0.25, 0.3) is 0 Å². The van der Waals surface area contributed by atoms with E-state index < -0.39 is 25.1 Å². The Kier molecular flexibility index (Phi) is 6.55. The molecule has 0 spiro atoms. The van der Waals surface area contributed by atoms with Crippen LogP contribution in [0, 0.1) is 0 Å². The van der Waals surface area contributed by atoms with Crippen molar-refractivity contribution in [3.63, 3.8) is 0 Å². The molecule has 3 N–H and O–H groups in total. The fourth-order valence-corrected chi connectivity index (χ4v) is 2.67.